The highest BCUT2D eigenvalue weighted by Gasteiger charge is 2.28. The van der Waals surface area contributed by atoms with Gasteiger partial charge in [-0.2, -0.15) is 0 Å². The summed E-state index contributed by atoms with van der Waals surface area (Å²) in [4.78, 5) is 2.56. The van der Waals surface area contributed by atoms with Gasteiger partial charge in [0.2, 0.25) is 0 Å². The lowest BCUT2D eigenvalue weighted by Crippen LogP contribution is -2.40. The van der Waals surface area contributed by atoms with E-state index >= 15 is 0 Å². The SMILES string of the molecule is CC(C)CN(C)[C@H]1CCc2ccccc2[C@@H]1C. The van der Waals surface area contributed by atoms with E-state index in [0.717, 1.165) is 5.92 Å². The maximum absolute atomic E-state index is 2.56. The van der Waals surface area contributed by atoms with Gasteiger partial charge in [0.1, 0.15) is 0 Å². The van der Waals surface area contributed by atoms with Gasteiger partial charge in [-0.3, -0.25) is 0 Å². The van der Waals surface area contributed by atoms with Crippen molar-refractivity contribution < 1.29 is 0 Å². The molecule has 0 unspecified atom stereocenters. The number of nitrogens with zero attached hydrogens (tertiary/aromatic N) is 1. The summed E-state index contributed by atoms with van der Waals surface area (Å²) in [5.74, 6) is 1.42. The molecule has 1 nitrogen and oxygen atoms in total. The molecule has 94 valence electrons. The highest BCUT2D eigenvalue weighted by Crippen LogP contribution is 2.33. The van der Waals surface area contributed by atoms with E-state index in [1.165, 1.54) is 19.4 Å². The minimum atomic E-state index is 0.670. The first kappa shape index (κ1) is 12.6. The topological polar surface area (TPSA) is 3.24 Å². The monoisotopic (exact) mass is 231 g/mol. The molecule has 0 heterocycles. The molecule has 0 aliphatic heterocycles. The first-order valence-corrected chi connectivity index (χ1v) is 6.87. The summed E-state index contributed by atoms with van der Waals surface area (Å²) in [5, 5.41) is 0. The normalized spacial score (nSPS) is 24.1. The van der Waals surface area contributed by atoms with E-state index in [1.807, 2.05) is 0 Å². The van der Waals surface area contributed by atoms with Gasteiger partial charge >= 0.3 is 0 Å². The first-order valence-electron chi connectivity index (χ1n) is 6.87. The van der Waals surface area contributed by atoms with Crippen LogP contribution in [-0.2, 0) is 6.42 Å². The van der Waals surface area contributed by atoms with Crippen LogP contribution >= 0.6 is 0 Å². The Morgan fingerprint density at radius 1 is 1.29 bits per heavy atom. The Morgan fingerprint density at radius 2 is 2.00 bits per heavy atom. The summed E-state index contributed by atoms with van der Waals surface area (Å²) in [5.41, 5.74) is 3.13. The molecule has 0 amide bonds. The molecule has 0 N–H and O–H groups in total. The Balaban J connectivity index is 2.14. The number of hydrogen-bond acceptors (Lipinski definition) is 1. The van der Waals surface area contributed by atoms with Gasteiger partial charge in [-0.05, 0) is 42.9 Å². The summed E-state index contributed by atoms with van der Waals surface area (Å²) >= 11 is 0. The molecule has 0 fully saturated rings. The Bertz CT molecular complexity index is 370. The van der Waals surface area contributed by atoms with Crippen LogP contribution in [0.1, 0.15) is 44.2 Å². The third-order valence-electron chi connectivity index (χ3n) is 4.05. The zero-order valence-corrected chi connectivity index (χ0v) is 11.6. The molecule has 1 heteroatoms. The summed E-state index contributed by atoms with van der Waals surface area (Å²) in [6.45, 7) is 8.20. The van der Waals surface area contributed by atoms with E-state index < -0.39 is 0 Å². The molecule has 0 spiro atoms. The van der Waals surface area contributed by atoms with Gasteiger partial charge in [0.25, 0.3) is 0 Å². The minimum Gasteiger partial charge on any atom is -0.303 e. The highest BCUT2D eigenvalue weighted by atomic mass is 15.1. The lowest BCUT2D eigenvalue weighted by molar-refractivity contribution is 0.178. The van der Waals surface area contributed by atoms with Gasteiger partial charge in [0, 0.05) is 12.6 Å². The molecule has 0 aromatic heterocycles. The maximum Gasteiger partial charge on any atom is 0.0162 e. The van der Waals surface area contributed by atoms with Crippen LogP contribution in [0.15, 0.2) is 24.3 Å². The minimum absolute atomic E-state index is 0.670. The van der Waals surface area contributed by atoms with Crippen molar-refractivity contribution in [2.75, 3.05) is 13.6 Å². The predicted molar refractivity (Wildman–Crippen MR) is 74.4 cm³/mol. The first-order chi connectivity index (χ1) is 8.09. The number of hydrogen-bond donors (Lipinski definition) is 0. The van der Waals surface area contributed by atoms with Gasteiger partial charge in [-0.1, -0.05) is 45.0 Å². The Labute approximate surface area is 106 Å². The van der Waals surface area contributed by atoms with Crippen molar-refractivity contribution in [3.63, 3.8) is 0 Å². The predicted octanol–water partition coefficient (Wildman–Crippen LogP) is 3.69. The van der Waals surface area contributed by atoms with Crippen molar-refractivity contribution in [2.45, 2.75) is 45.6 Å². The van der Waals surface area contributed by atoms with Crippen LogP contribution in [0.2, 0.25) is 0 Å². The van der Waals surface area contributed by atoms with Crippen LogP contribution < -0.4 is 0 Å². The smallest absolute Gasteiger partial charge is 0.0162 e. The van der Waals surface area contributed by atoms with Crippen molar-refractivity contribution in [3.05, 3.63) is 35.4 Å². The fourth-order valence-electron chi connectivity index (χ4n) is 3.28. The van der Waals surface area contributed by atoms with Crippen molar-refractivity contribution in [3.8, 4) is 0 Å². The second-order valence-corrected chi connectivity index (χ2v) is 5.93. The molecule has 2 rings (SSSR count). The largest absolute Gasteiger partial charge is 0.303 e. The lowest BCUT2D eigenvalue weighted by atomic mass is 9.79. The number of rotatable bonds is 3. The fourth-order valence-corrected chi connectivity index (χ4v) is 3.28. The maximum atomic E-state index is 2.56. The molecule has 0 saturated carbocycles. The van der Waals surface area contributed by atoms with Gasteiger partial charge < -0.3 is 4.90 Å². The number of benzene rings is 1. The van der Waals surface area contributed by atoms with E-state index in [1.54, 1.807) is 11.1 Å². The lowest BCUT2D eigenvalue weighted by Gasteiger charge is -2.38. The molecule has 1 aromatic rings. The molecule has 0 bridgehead atoms. The van der Waals surface area contributed by atoms with Crippen LogP contribution in [0, 0.1) is 5.92 Å². The van der Waals surface area contributed by atoms with Crippen LogP contribution in [0.4, 0.5) is 0 Å². The van der Waals surface area contributed by atoms with Crippen molar-refractivity contribution in [2.24, 2.45) is 5.92 Å². The van der Waals surface area contributed by atoms with E-state index in [2.05, 4.69) is 57.0 Å². The number of fused-ring (bicyclic) bond motifs is 1. The van der Waals surface area contributed by atoms with Gasteiger partial charge in [0.15, 0.2) is 0 Å². The Hall–Kier alpha value is -0.820. The zero-order chi connectivity index (χ0) is 12.4. The van der Waals surface area contributed by atoms with Gasteiger partial charge in [-0.25, -0.2) is 0 Å². The van der Waals surface area contributed by atoms with Crippen LogP contribution in [0.3, 0.4) is 0 Å². The van der Waals surface area contributed by atoms with E-state index in [0.29, 0.717) is 12.0 Å². The van der Waals surface area contributed by atoms with Gasteiger partial charge in [-0.15, -0.1) is 0 Å². The standard InChI is InChI=1S/C16H25N/c1-12(2)11-17(4)16-10-9-14-7-5-6-8-15(14)13(16)3/h5-8,12-13,16H,9-11H2,1-4H3/t13-,16-/m0/s1. The molecule has 0 radical (unpaired) electrons. The van der Waals surface area contributed by atoms with Crippen LogP contribution in [-0.4, -0.2) is 24.5 Å². The van der Waals surface area contributed by atoms with E-state index in [-0.39, 0.29) is 0 Å². The second kappa shape index (κ2) is 5.22. The van der Waals surface area contributed by atoms with Crippen LogP contribution in [0.5, 0.6) is 0 Å². The number of likely N-dealkylation sites (N-methyl/N-ethyl adjacent to an activating group) is 1. The number of aryl methyl sites for hydroxylation is 1. The van der Waals surface area contributed by atoms with Crippen molar-refractivity contribution >= 4 is 0 Å². The molecule has 1 aromatic carbocycles. The summed E-state index contributed by atoms with van der Waals surface area (Å²) in [6, 6.07) is 9.68. The Kier molecular flexibility index (Phi) is 3.88. The third-order valence-corrected chi connectivity index (χ3v) is 4.05. The third kappa shape index (κ3) is 2.71. The molecule has 2 atom stereocenters. The van der Waals surface area contributed by atoms with E-state index in [9.17, 15) is 0 Å². The fraction of sp³-hybridized carbons (Fsp3) is 0.625. The average Bonchev–Trinajstić information content (AvgIpc) is 2.28. The van der Waals surface area contributed by atoms with Crippen molar-refractivity contribution in [1.82, 2.24) is 4.90 Å². The zero-order valence-electron chi connectivity index (χ0n) is 11.6. The average molecular weight is 231 g/mol. The molecule has 1 aliphatic carbocycles. The molecular weight excluding hydrogens is 206 g/mol. The highest BCUT2D eigenvalue weighted by molar-refractivity contribution is 5.33. The van der Waals surface area contributed by atoms with Gasteiger partial charge in [0.05, 0.1) is 0 Å². The quantitative estimate of drug-likeness (QED) is 0.767. The summed E-state index contributed by atoms with van der Waals surface area (Å²) < 4.78 is 0. The second-order valence-electron chi connectivity index (χ2n) is 5.93. The molecule has 0 saturated heterocycles. The summed E-state index contributed by atoms with van der Waals surface area (Å²) in [6.07, 6.45) is 2.55. The molecule has 1 aliphatic rings. The molecular formula is C16H25N. The van der Waals surface area contributed by atoms with E-state index in [4.69, 9.17) is 0 Å². The van der Waals surface area contributed by atoms with Crippen LogP contribution in [0.25, 0.3) is 0 Å². The Morgan fingerprint density at radius 3 is 2.71 bits per heavy atom. The van der Waals surface area contributed by atoms with Crippen molar-refractivity contribution in [1.29, 1.82) is 0 Å². The molecule has 17 heavy (non-hydrogen) atoms. The summed E-state index contributed by atoms with van der Waals surface area (Å²) in [7, 11) is 2.29.